The van der Waals surface area contributed by atoms with Gasteiger partial charge in [-0.05, 0) is 0 Å². The molecular weight excluding hydrogens is 308 g/mol. The minimum absolute atomic E-state index is 0.498. The number of rotatable bonds is 1. The van der Waals surface area contributed by atoms with Crippen molar-refractivity contribution in [3.05, 3.63) is 0 Å². The van der Waals surface area contributed by atoms with Gasteiger partial charge in [0, 0.05) is 0 Å². The van der Waals surface area contributed by atoms with Crippen LogP contribution in [0, 0.1) is 0 Å². The lowest BCUT2D eigenvalue weighted by atomic mass is 10.00. The van der Waals surface area contributed by atoms with Crippen molar-refractivity contribution in [3.8, 4) is 0 Å². The second-order valence-electron chi connectivity index (χ2n) is 4.73. The van der Waals surface area contributed by atoms with Crippen molar-refractivity contribution >= 4 is 0 Å². The fourth-order valence-corrected chi connectivity index (χ4v) is 1.72. The second kappa shape index (κ2) is 8.42. The SMILES string of the molecule is OC[C@H]1OC(O)[C@H](O)[C@@H](O)[C@H]1O.[2H]C1(O)OC[C@@H](O)[C@H](O)[C@@]1([2H])O. The summed E-state index contributed by atoms with van der Waals surface area (Å²) >= 11 is 0. The molecule has 2 aliphatic rings. The maximum Gasteiger partial charge on any atom is 0.184 e. The monoisotopic (exact) mass is 332 g/mol. The van der Waals surface area contributed by atoms with E-state index in [2.05, 4.69) is 9.47 Å². The normalized spacial score (nSPS) is 57.2. The molecule has 0 saturated carbocycles. The summed E-state index contributed by atoms with van der Waals surface area (Å²) < 4.78 is 22.6. The lowest BCUT2D eigenvalue weighted by Gasteiger charge is -2.37. The summed E-state index contributed by atoms with van der Waals surface area (Å²) in [5, 5.41) is 80.5. The summed E-state index contributed by atoms with van der Waals surface area (Å²) in [4.78, 5) is 0. The smallest absolute Gasteiger partial charge is 0.184 e. The van der Waals surface area contributed by atoms with Crippen molar-refractivity contribution in [2.45, 2.75) is 55.3 Å². The Morgan fingerprint density at radius 3 is 1.95 bits per heavy atom. The molecule has 0 aromatic heterocycles. The van der Waals surface area contributed by atoms with Crippen LogP contribution in [-0.4, -0.2) is 114 Å². The number of aliphatic hydroxyl groups excluding tert-OH is 7. The molecule has 0 aromatic carbocycles. The van der Waals surface area contributed by atoms with Gasteiger partial charge in [-0.2, -0.15) is 0 Å². The summed E-state index contributed by atoms with van der Waals surface area (Å²) in [6.07, 6.45) is -16.3. The average molecular weight is 332 g/mol. The number of aliphatic hydroxyl groups is 9. The third-order valence-corrected chi connectivity index (χ3v) is 3.12. The molecule has 11 heteroatoms. The van der Waals surface area contributed by atoms with Crippen LogP contribution < -0.4 is 0 Å². The van der Waals surface area contributed by atoms with Crippen LogP contribution in [0.1, 0.15) is 2.74 Å². The first-order chi connectivity index (χ1) is 10.9. The van der Waals surface area contributed by atoms with Gasteiger partial charge in [-0.1, -0.05) is 0 Å². The lowest BCUT2D eigenvalue weighted by molar-refractivity contribution is -0.286. The van der Waals surface area contributed by atoms with Gasteiger partial charge in [0.2, 0.25) is 0 Å². The molecule has 11 nitrogen and oxygen atoms in total. The van der Waals surface area contributed by atoms with Crippen LogP contribution in [0.15, 0.2) is 0 Å². The lowest BCUT2D eigenvalue weighted by Crippen LogP contribution is -2.58. The first-order valence-electron chi connectivity index (χ1n) is 7.30. The maximum absolute atomic E-state index is 9.12. The van der Waals surface area contributed by atoms with Gasteiger partial charge in [-0.3, -0.25) is 0 Å². The molecule has 0 spiro atoms. The Labute approximate surface area is 128 Å². The van der Waals surface area contributed by atoms with Gasteiger partial charge in [0.05, 0.1) is 16.0 Å². The minimum Gasteiger partial charge on any atom is -0.394 e. The number of hydrogen-bond acceptors (Lipinski definition) is 11. The Hall–Kier alpha value is -0.440. The first kappa shape index (κ1) is 16.4. The highest BCUT2D eigenvalue weighted by molar-refractivity contribution is 4.88. The van der Waals surface area contributed by atoms with Gasteiger partial charge >= 0.3 is 0 Å². The summed E-state index contributed by atoms with van der Waals surface area (Å²) in [7, 11) is 0. The second-order valence-corrected chi connectivity index (χ2v) is 4.73. The Morgan fingerprint density at radius 2 is 1.45 bits per heavy atom. The molecule has 0 bridgehead atoms. The molecule has 132 valence electrons. The molecule has 2 aliphatic heterocycles. The van der Waals surface area contributed by atoms with Crippen molar-refractivity contribution in [3.63, 3.8) is 0 Å². The van der Waals surface area contributed by atoms with E-state index in [1.807, 2.05) is 0 Å². The van der Waals surface area contributed by atoms with Gasteiger partial charge < -0.3 is 55.4 Å². The molecule has 0 aromatic rings. The Bertz CT molecular complexity index is 405. The zero-order valence-electron chi connectivity index (χ0n) is 13.3. The third kappa shape index (κ3) is 4.53. The Balaban J connectivity index is 0.000000240. The van der Waals surface area contributed by atoms with E-state index in [0.717, 1.165) is 0 Å². The minimum atomic E-state index is -2.94. The van der Waals surface area contributed by atoms with Crippen molar-refractivity contribution in [2.75, 3.05) is 13.2 Å². The van der Waals surface area contributed by atoms with Crippen LogP contribution >= 0.6 is 0 Å². The summed E-state index contributed by atoms with van der Waals surface area (Å²) in [5.41, 5.74) is 0. The molecule has 0 aliphatic carbocycles. The van der Waals surface area contributed by atoms with Gasteiger partial charge in [0.1, 0.15) is 42.7 Å². The molecule has 2 unspecified atom stereocenters. The molecule has 22 heavy (non-hydrogen) atoms. The molecule has 2 saturated heterocycles. The van der Waals surface area contributed by atoms with Crippen molar-refractivity contribution in [1.82, 2.24) is 0 Å². The Morgan fingerprint density at radius 1 is 0.864 bits per heavy atom. The zero-order valence-corrected chi connectivity index (χ0v) is 11.3. The fraction of sp³-hybridized carbons (Fsp3) is 1.00. The van der Waals surface area contributed by atoms with E-state index in [1.165, 1.54) is 0 Å². The van der Waals surface area contributed by atoms with E-state index < -0.39 is 68.5 Å². The topological polar surface area (TPSA) is 201 Å². The zero-order chi connectivity index (χ0) is 18.9. The predicted octanol–water partition coefficient (Wildman–Crippen LogP) is -5.80. The van der Waals surface area contributed by atoms with E-state index >= 15 is 0 Å². The highest BCUT2D eigenvalue weighted by Crippen LogP contribution is 2.19. The molecule has 2 fully saturated rings. The molecule has 9 N–H and O–H groups in total. The van der Waals surface area contributed by atoms with Crippen LogP contribution in [0.5, 0.6) is 0 Å². The van der Waals surface area contributed by atoms with Gasteiger partial charge in [0.15, 0.2) is 12.6 Å². The van der Waals surface area contributed by atoms with Crippen LogP contribution in [0.4, 0.5) is 0 Å². The van der Waals surface area contributed by atoms with E-state index in [0.29, 0.717) is 0 Å². The number of hydrogen-bond donors (Lipinski definition) is 9. The van der Waals surface area contributed by atoms with Gasteiger partial charge in [-0.15, -0.1) is 0 Å². The van der Waals surface area contributed by atoms with Crippen molar-refractivity contribution in [1.29, 1.82) is 0 Å². The summed E-state index contributed by atoms with van der Waals surface area (Å²) in [6, 6.07) is 0. The molecule has 9 atom stereocenters. The van der Waals surface area contributed by atoms with E-state index in [1.54, 1.807) is 0 Å². The highest BCUT2D eigenvalue weighted by Gasteiger charge is 2.42. The van der Waals surface area contributed by atoms with E-state index in [9.17, 15) is 0 Å². The van der Waals surface area contributed by atoms with Crippen LogP contribution in [0.3, 0.4) is 0 Å². The standard InChI is InChI=1S/C6H12O6.C5H10O5/c7-1-2-3(8)4(9)5(10)6(11)12-2;6-2-1-10-5(9)4(8)3(2)7/h2-11H,1H2;2-9H,1H2/t2-,3+,4+,5-,6?;2-,3+,4-,5?/m11/s1/i;4D,5D. The van der Waals surface area contributed by atoms with Gasteiger partial charge in [0.25, 0.3) is 0 Å². The quantitative estimate of drug-likeness (QED) is 0.221. The van der Waals surface area contributed by atoms with E-state index in [4.69, 9.17) is 48.7 Å². The maximum atomic E-state index is 9.12. The predicted molar refractivity (Wildman–Crippen MR) is 66.0 cm³/mol. The molecule has 0 radical (unpaired) electrons. The molecule has 2 rings (SSSR count). The van der Waals surface area contributed by atoms with Gasteiger partial charge in [-0.25, -0.2) is 0 Å². The molecule has 0 amide bonds. The van der Waals surface area contributed by atoms with Crippen molar-refractivity contribution in [2.24, 2.45) is 0 Å². The molecule has 2 heterocycles. The third-order valence-electron chi connectivity index (χ3n) is 3.12. The summed E-state index contributed by atoms with van der Waals surface area (Å²) in [5.74, 6) is 0. The summed E-state index contributed by atoms with van der Waals surface area (Å²) in [6.45, 7) is -1.02. The highest BCUT2D eigenvalue weighted by atomic mass is 16.6. The van der Waals surface area contributed by atoms with Crippen molar-refractivity contribution < 1.29 is 58.2 Å². The van der Waals surface area contributed by atoms with E-state index in [-0.39, 0.29) is 0 Å². The van der Waals surface area contributed by atoms with Crippen LogP contribution in [0.2, 0.25) is 0 Å². The van der Waals surface area contributed by atoms with Crippen LogP contribution in [0.25, 0.3) is 0 Å². The van der Waals surface area contributed by atoms with Crippen LogP contribution in [-0.2, 0) is 9.47 Å². The average Bonchev–Trinajstić information content (AvgIpc) is 2.52. The molecular formula is C11H22O11. The largest absolute Gasteiger partial charge is 0.394 e. The first-order valence-corrected chi connectivity index (χ1v) is 6.30. The Kier molecular flexibility index (Phi) is 6.29. The number of ether oxygens (including phenoxy) is 2. The fourth-order valence-electron chi connectivity index (χ4n) is 1.72.